The summed E-state index contributed by atoms with van der Waals surface area (Å²) in [6, 6.07) is 8.45. The van der Waals surface area contributed by atoms with Crippen molar-refractivity contribution in [1.82, 2.24) is 15.5 Å². The van der Waals surface area contributed by atoms with Gasteiger partial charge in [0.05, 0.1) is 11.3 Å². The van der Waals surface area contributed by atoms with Crippen LogP contribution in [0.25, 0.3) is 0 Å². The summed E-state index contributed by atoms with van der Waals surface area (Å²) in [5, 5.41) is 7.38. The van der Waals surface area contributed by atoms with E-state index in [1.165, 1.54) is 10.5 Å². The minimum atomic E-state index is -0.283. The highest BCUT2D eigenvalue weighted by molar-refractivity contribution is 7.98. The van der Waals surface area contributed by atoms with Gasteiger partial charge >= 0.3 is 0 Å². The smallest absolute Gasteiger partial charge is 0.246 e. The lowest BCUT2D eigenvalue weighted by atomic mass is 10.1. The molecular formula is C15H21N3OS. The fraction of sp³-hybridized carbons (Fsp3) is 0.467. The highest BCUT2D eigenvalue weighted by Gasteiger charge is 2.26. The zero-order chi connectivity index (χ0) is 14.6. The van der Waals surface area contributed by atoms with Crippen molar-refractivity contribution in [3.63, 3.8) is 0 Å². The summed E-state index contributed by atoms with van der Waals surface area (Å²) in [5.74, 6) is 2.09. The predicted octanol–water partition coefficient (Wildman–Crippen LogP) is 3.51. The van der Waals surface area contributed by atoms with Gasteiger partial charge in [-0.05, 0) is 39.4 Å². The van der Waals surface area contributed by atoms with Crippen molar-refractivity contribution in [3.8, 4) is 0 Å². The maximum absolute atomic E-state index is 5.35. The van der Waals surface area contributed by atoms with Crippen molar-refractivity contribution < 1.29 is 4.52 Å². The first-order chi connectivity index (χ1) is 9.51. The molecule has 1 heterocycles. The van der Waals surface area contributed by atoms with Crippen LogP contribution in [0.4, 0.5) is 0 Å². The third kappa shape index (κ3) is 3.84. The third-order valence-electron chi connectivity index (χ3n) is 3.01. The maximum Gasteiger partial charge on any atom is 0.246 e. The van der Waals surface area contributed by atoms with Gasteiger partial charge in [0.25, 0.3) is 0 Å². The van der Waals surface area contributed by atoms with Gasteiger partial charge in [-0.1, -0.05) is 29.8 Å². The molecule has 0 saturated carbocycles. The van der Waals surface area contributed by atoms with Crippen molar-refractivity contribution >= 4 is 11.8 Å². The number of thioether (sulfide) groups is 1. The molecule has 1 N–H and O–H groups in total. The van der Waals surface area contributed by atoms with Crippen molar-refractivity contribution in [2.75, 3.05) is 6.54 Å². The first-order valence-corrected chi connectivity index (χ1v) is 7.77. The average Bonchev–Trinajstić information content (AvgIpc) is 2.88. The molecule has 1 aromatic carbocycles. The van der Waals surface area contributed by atoms with E-state index in [9.17, 15) is 0 Å². The summed E-state index contributed by atoms with van der Waals surface area (Å²) >= 11 is 1.71. The number of hydrogen-bond acceptors (Lipinski definition) is 5. The second-order valence-corrected chi connectivity index (χ2v) is 6.32. The highest BCUT2D eigenvalue weighted by atomic mass is 32.2. The van der Waals surface area contributed by atoms with Gasteiger partial charge in [0.2, 0.25) is 5.89 Å². The molecular weight excluding hydrogens is 270 g/mol. The first kappa shape index (κ1) is 15.1. The Morgan fingerprint density at radius 2 is 1.95 bits per heavy atom. The summed E-state index contributed by atoms with van der Waals surface area (Å²) in [5.41, 5.74) is 0.984. The van der Waals surface area contributed by atoms with E-state index in [4.69, 9.17) is 4.52 Å². The lowest BCUT2D eigenvalue weighted by Gasteiger charge is -2.20. The van der Waals surface area contributed by atoms with Gasteiger partial charge in [-0.25, -0.2) is 0 Å². The van der Waals surface area contributed by atoms with Crippen LogP contribution in [0.2, 0.25) is 0 Å². The maximum atomic E-state index is 5.35. The molecule has 0 fully saturated rings. The van der Waals surface area contributed by atoms with Gasteiger partial charge in [0.15, 0.2) is 5.82 Å². The van der Waals surface area contributed by atoms with E-state index in [1.54, 1.807) is 11.8 Å². The topological polar surface area (TPSA) is 51.0 Å². The fourth-order valence-electron chi connectivity index (χ4n) is 1.87. The molecule has 0 atom stereocenters. The van der Waals surface area contributed by atoms with Gasteiger partial charge in [-0.3, -0.25) is 0 Å². The van der Waals surface area contributed by atoms with Crippen LogP contribution in [0.3, 0.4) is 0 Å². The molecule has 108 valence electrons. The number of hydrogen-bond donors (Lipinski definition) is 1. The zero-order valence-corrected chi connectivity index (χ0v) is 13.3. The summed E-state index contributed by atoms with van der Waals surface area (Å²) in [6.45, 7) is 9.10. The molecule has 0 amide bonds. The van der Waals surface area contributed by atoms with Gasteiger partial charge in [-0.2, -0.15) is 4.98 Å². The molecule has 0 aliphatic rings. The Morgan fingerprint density at radius 3 is 2.60 bits per heavy atom. The normalized spacial score (nSPS) is 11.8. The molecule has 1 aromatic heterocycles. The number of nitrogens with zero attached hydrogens (tertiary/aromatic N) is 2. The second-order valence-electron chi connectivity index (χ2n) is 5.27. The molecule has 0 spiro atoms. The summed E-state index contributed by atoms with van der Waals surface area (Å²) in [6.07, 6.45) is 0. The number of nitrogens with one attached hydrogen (secondary N) is 1. The summed E-state index contributed by atoms with van der Waals surface area (Å²) < 4.78 is 5.35. The van der Waals surface area contributed by atoms with Crippen molar-refractivity contribution in [3.05, 3.63) is 41.5 Å². The van der Waals surface area contributed by atoms with E-state index in [-0.39, 0.29) is 5.54 Å². The second kappa shape index (κ2) is 6.41. The SMILES string of the molecule is CCNC(C)(C)c1nc(CSc2ccc(C)cc2)no1. The standard InChI is InChI=1S/C15H21N3OS/c1-5-16-15(3,4)14-17-13(18-19-14)10-20-12-8-6-11(2)7-9-12/h6-9,16H,5,10H2,1-4H3. The number of aryl methyl sites for hydroxylation is 1. The molecule has 0 aliphatic carbocycles. The molecule has 0 radical (unpaired) electrons. The summed E-state index contributed by atoms with van der Waals surface area (Å²) in [7, 11) is 0. The molecule has 0 unspecified atom stereocenters. The lowest BCUT2D eigenvalue weighted by molar-refractivity contribution is 0.271. The Kier molecular flexibility index (Phi) is 4.83. The van der Waals surface area contributed by atoms with Gasteiger partial charge < -0.3 is 9.84 Å². The van der Waals surface area contributed by atoms with Crippen LogP contribution < -0.4 is 5.32 Å². The van der Waals surface area contributed by atoms with Crippen LogP contribution in [0.15, 0.2) is 33.7 Å². The number of benzene rings is 1. The van der Waals surface area contributed by atoms with Crippen molar-refractivity contribution in [2.45, 2.75) is 43.9 Å². The molecule has 4 nitrogen and oxygen atoms in total. The van der Waals surface area contributed by atoms with Crippen LogP contribution in [-0.4, -0.2) is 16.7 Å². The van der Waals surface area contributed by atoms with Gasteiger partial charge in [-0.15, -0.1) is 11.8 Å². The molecule has 0 saturated heterocycles. The molecule has 0 bridgehead atoms. The largest absolute Gasteiger partial charge is 0.337 e. The molecule has 5 heteroatoms. The van der Waals surface area contributed by atoms with E-state index < -0.39 is 0 Å². The van der Waals surface area contributed by atoms with Crippen LogP contribution in [0.1, 0.15) is 38.0 Å². The van der Waals surface area contributed by atoms with E-state index >= 15 is 0 Å². The van der Waals surface area contributed by atoms with E-state index in [0.717, 1.165) is 18.1 Å². The monoisotopic (exact) mass is 291 g/mol. The average molecular weight is 291 g/mol. The van der Waals surface area contributed by atoms with E-state index in [1.807, 2.05) is 13.8 Å². The molecule has 20 heavy (non-hydrogen) atoms. The number of aromatic nitrogens is 2. The van der Waals surface area contributed by atoms with Crippen LogP contribution in [-0.2, 0) is 11.3 Å². The Balaban J connectivity index is 1.97. The fourth-order valence-corrected chi connectivity index (χ4v) is 2.61. The molecule has 2 aromatic rings. The Labute approximate surface area is 124 Å². The van der Waals surface area contributed by atoms with Crippen molar-refractivity contribution in [2.24, 2.45) is 0 Å². The Hall–Kier alpha value is -1.33. The molecule has 0 aliphatic heterocycles. The minimum absolute atomic E-state index is 0.283. The highest BCUT2D eigenvalue weighted by Crippen LogP contribution is 2.23. The van der Waals surface area contributed by atoms with E-state index in [2.05, 4.69) is 53.6 Å². The van der Waals surface area contributed by atoms with Crippen molar-refractivity contribution in [1.29, 1.82) is 0 Å². The summed E-state index contributed by atoms with van der Waals surface area (Å²) in [4.78, 5) is 5.69. The lowest BCUT2D eigenvalue weighted by Crippen LogP contribution is -2.36. The predicted molar refractivity (Wildman–Crippen MR) is 81.7 cm³/mol. The quantitative estimate of drug-likeness (QED) is 0.825. The Bertz CT molecular complexity index is 549. The molecule has 2 rings (SSSR count). The van der Waals surface area contributed by atoms with Crippen LogP contribution >= 0.6 is 11.8 Å². The zero-order valence-electron chi connectivity index (χ0n) is 12.4. The minimum Gasteiger partial charge on any atom is -0.337 e. The van der Waals surface area contributed by atoms with Gasteiger partial charge in [0.1, 0.15) is 0 Å². The Morgan fingerprint density at radius 1 is 1.25 bits per heavy atom. The van der Waals surface area contributed by atoms with Crippen LogP contribution in [0, 0.1) is 6.92 Å². The first-order valence-electron chi connectivity index (χ1n) is 6.79. The third-order valence-corrected chi connectivity index (χ3v) is 4.02. The van der Waals surface area contributed by atoms with Gasteiger partial charge in [0, 0.05) is 4.90 Å². The van der Waals surface area contributed by atoms with E-state index in [0.29, 0.717) is 5.89 Å². The van der Waals surface area contributed by atoms with Crippen LogP contribution in [0.5, 0.6) is 0 Å². The number of rotatable bonds is 6.